The first-order valence-electron chi connectivity index (χ1n) is 8.77. The number of nitrogens with zero attached hydrogens (tertiary/aromatic N) is 3. The summed E-state index contributed by atoms with van der Waals surface area (Å²) in [5.74, 6) is 0.687. The first kappa shape index (κ1) is 16.3. The van der Waals surface area contributed by atoms with E-state index in [0.717, 1.165) is 28.1 Å². The topological polar surface area (TPSA) is 30.7 Å². The molecule has 0 radical (unpaired) electrons. The number of aromatic nitrogens is 3. The highest BCUT2D eigenvalue weighted by atomic mass is 15.2. The molecule has 0 bridgehead atoms. The van der Waals surface area contributed by atoms with Crippen LogP contribution < -0.4 is 0 Å². The number of rotatable bonds is 3. The molecule has 0 aliphatic rings. The molecule has 3 nitrogen and oxygen atoms in total. The summed E-state index contributed by atoms with van der Waals surface area (Å²) in [6.45, 7) is 6.20. The molecule has 0 aliphatic heterocycles. The molecule has 4 rings (SSSR count). The first-order valence-corrected chi connectivity index (χ1v) is 8.77. The Labute approximate surface area is 154 Å². The summed E-state index contributed by atoms with van der Waals surface area (Å²) in [5.41, 5.74) is 8.02. The molecule has 0 aliphatic carbocycles. The second-order valence-electron chi connectivity index (χ2n) is 6.73. The van der Waals surface area contributed by atoms with Crippen molar-refractivity contribution in [3.8, 4) is 28.5 Å². The second kappa shape index (κ2) is 6.60. The molecule has 128 valence electrons. The molecule has 0 amide bonds. The van der Waals surface area contributed by atoms with Crippen LogP contribution in [0.1, 0.15) is 16.7 Å². The Kier molecular flexibility index (Phi) is 4.13. The van der Waals surface area contributed by atoms with Crippen LogP contribution in [-0.2, 0) is 0 Å². The Morgan fingerprint density at radius 3 is 1.38 bits per heavy atom. The molecule has 0 saturated carbocycles. The van der Waals surface area contributed by atoms with Gasteiger partial charge in [0.05, 0.1) is 11.4 Å². The van der Waals surface area contributed by atoms with Gasteiger partial charge in [0.15, 0.2) is 0 Å². The molecule has 26 heavy (non-hydrogen) atoms. The minimum Gasteiger partial charge on any atom is -0.278 e. The van der Waals surface area contributed by atoms with E-state index in [1.165, 1.54) is 11.1 Å². The van der Waals surface area contributed by atoms with E-state index in [2.05, 4.69) is 89.0 Å². The van der Waals surface area contributed by atoms with E-state index in [-0.39, 0.29) is 0 Å². The molecule has 0 atom stereocenters. The van der Waals surface area contributed by atoms with Crippen LogP contribution in [-0.4, -0.2) is 14.5 Å². The van der Waals surface area contributed by atoms with Gasteiger partial charge in [-0.15, -0.1) is 0 Å². The van der Waals surface area contributed by atoms with Crippen LogP contribution in [0.4, 0.5) is 0 Å². The molecule has 0 N–H and O–H groups in total. The zero-order valence-electron chi connectivity index (χ0n) is 15.3. The van der Waals surface area contributed by atoms with Gasteiger partial charge in [-0.25, -0.2) is 9.97 Å². The lowest BCUT2D eigenvalue weighted by Crippen LogP contribution is -2.04. The standard InChI is InChI=1S/C23H21N3/c1-16-4-8-19(9-5-16)21-12-13-22(20-10-6-17(2)7-11-20)26(21)23-24-14-18(3)15-25-23/h4-15H,1-3H3. The highest BCUT2D eigenvalue weighted by Gasteiger charge is 2.15. The number of hydrogen-bond acceptors (Lipinski definition) is 2. The van der Waals surface area contributed by atoms with E-state index in [9.17, 15) is 0 Å². The average molecular weight is 339 g/mol. The van der Waals surface area contributed by atoms with Crippen LogP contribution in [0.15, 0.2) is 73.1 Å². The van der Waals surface area contributed by atoms with Gasteiger partial charge >= 0.3 is 0 Å². The predicted octanol–water partition coefficient (Wildman–Crippen LogP) is 5.53. The summed E-state index contributed by atoms with van der Waals surface area (Å²) in [7, 11) is 0. The first-order chi connectivity index (χ1) is 12.6. The lowest BCUT2D eigenvalue weighted by atomic mass is 10.1. The van der Waals surface area contributed by atoms with Crippen LogP contribution in [0.5, 0.6) is 0 Å². The third-order valence-corrected chi connectivity index (χ3v) is 4.54. The number of benzene rings is 2. The minimum atomic E-state index is 0.687. The quantitative estimate of drug-likeness (QED) is 0.491. The van der Waals surface area contributed by atoms with Crippen molar-refractivity contribution in [2.45, 2.75) is 20.8 Å². The fourth-order valence-electron chi connectivity index (χ4n) is 3.05. The van der Waals surface area contributed by atoms with Crippen molar-refractivity contribution in [1.29, 1.82) is 0 Å². The molecule has 4 aromatic rings. The van der Waals surface area contributed by atoms with E-state index in [1.54, 1.807) is 0 Å². The van der Waals surface area contributed by atoms with Gasteiger partial charge in [-0.2, -0.15) is 0 Å². The molecular formula is C23H21N3. The second-order valence-corrected chi connectivity index (χ2v) is 6.73. The fraction of sp³-hybridized carbons (Fsp3) is 0.130. The fourth-order valence-corrected chi connectivity index (χ4v) is 3.05. The van der Waals surface area contributed by atoms with E-state index in [0.29, 0.717) is 5.95 Å². The van der Waals surface area contributed by atoms with Crippen molar-refractivity contribution in [2.75, 3.05) is 0 Å². The Morgan fingerprint density at radius 2 is 0.962 bits per heavy atom. The van der Waals surface area contributed by atoms with Crippen LogP contribution in [0.3, 0.4) is 0 Å². The lowest BCUT2D eigenvalue weighted by molar-refractivity contribution is 0.939. The highest BCUT2D eigenvalue weighted by Crippen LogP contribution is 2.31. The number of aryl methyl sites for hydroxylation is 3. The summed E-state index contributed by atoms with van der Waals surface area (Å²) in [4.78, 5) is 9.16. The van der Waals surface area contributed by atoms with Crippen LogP contribution in [0.2, 0.25) is 0 Å². The molecule has 2 aromatic heterocycles. The van der Waals surface area contributed by atoms with Gasteiger partial charge in [-0.1, -0.05) is 59.7 Å². The van der Waals surface area contributed by atoms with Crippen molar-refractivity contribution in [3.05, 3.63) is 89.7 Å². The van der Waals surface area contributed by atoms with Gasteiger partial charge in [0, 0.05) is 12.4 Å². The summed E-state index contributed by atoms with van der Waals surface area (Å²) in [5, 5.41) is 0. The molecule has 0 fully saturated rings. The maximum atomic E-state index is 4.58. The molecular weight excluding hydrogens is 318 g/mol. The Bertz CT molecular complexity index is 962. The van der Waals surface area contributed by atoms with Crippen molar-refractivity contribution in [3.63, 3.8) is 0 Å². The zero-order chi connectivity index (χ0) is 18.1. The van der Waals surface area contributed by atoms with Gasteiger partial charge in [0.25, 0.3) is 0 Å². The third-order valence-electron chi connectivity index (χ3n) is 4.54. The Hall–Kier alpha value is -3.20. The van der Waals surface area contributed by atoms with Crippen molar-refractivity contribution >= 4 is 0 Å². The van der Waals surface area contributed by atoms with Crippen molar-refractivity contribution < 1.29 is 0 Å². The van der Waals surface area contributed by atoms with Gasteiger partial charge < -0.3 is 0 Å². The average Bonchev–Trinajstić information content (AvgIpc) is 3.08. The van der Waals surface area contributed by atoms with Gasteiger partial charge in [-0.3, -0.25) is 4.57 Å². The highest BCUT2D eigenvalue weighted by molar-refractivity contribution is 5.72. The molecule has 0 saturated heterocycles. The van der Waals surface area contributed by atoms with Crippen LogP contribution in [0, 0.1) is 20.8 Å². The minimum absolute atomic E-state index is 0.687. The molecule has 3 heteroatoms. The van der Waals surface area contributed by atoms with Gasteiger partial charge in [-0.05, 0) is 49.6 Å². The smallest absolute Gasteiger partial charge is 0.234 e. The molecule has 2 heterocycles. The van der Waals surface area contributed by atoms with E-state index in [4.69, 9.17) is 0 Å². The maximum Gasteiger partial charge on any atom is 0.234 e. The number of hydrogen-bond donors (Lipinski definition) is 0. The summed E-state index contributed by atoms with van der Waals surface area (Å²) < 4.78 is 2.13. The van der Waals surface area contributed by atoms with Crippen LogP contribution in [0.25, 0.3) is 28.5 Å². The van der Waals surface area contributed by atoms with E-state index in [1.807, 2.05) is 19.3 Å². The van der Waals surface area contributed by atoms with Crippen molar-refractivity contribution in [1.82, 2.24) is 14.5 Å². The SMILES string of the molecule is Cc1ccc(-c2ccc(-c3ccc(C)cc3)n2-c2ncc(C)cn2)cc1. The summed E-state index contributed by atoms with van der Waals surface area (Å²) in [6.07, 6.45) is 3.72. The zero-order valence-corrected chi connectivity index (χ0v) is 15.3. The van der Waals surface area contributed by atoms with Gasteiger partial charge in [0.1, 0.15) is 0 Å². The third kappa shape index (κ3) is 3.04. The van der Waals surface area contributed by atoms with E-state index >= 15 is 0 Å². The summed E-state index contributed by atoms with van der Waals surface area (Å²) in [6, 6.07) is 21.4. The molecule has 2 aromatic carbocycles. The monoisotopic (exact) mass is 339 g/mol. The van der Waals surface area contributed by atoms with Crippen molar-refractivity contribution in [2.24, 2.45) is 0 Å². The molecule has 0 spiro atoms. The Morgan fingerprint density at radius 1 is 0.538 bits per heavy atom. The van der Waals surface area contributed by atoms with Gasteiger partial charge in [0.2, 0.25) is 5.95 Å². The summed E-state index contributed by atoms with van der Waals surface area (Å²) >= 11 is 0. The normalized spacial score (nSPS) is 10.9. The lowest BCUT2D eigenvalue weighted by Gasteiger charge is -2.13. The maximum absolute atomic E-state index is 4.58. The Balaban J connectivity index is 1.93. The van der Waals surface area contributed by atoms with Crippen LogP contribution >= 0.6 is 0 Å². The largest absolute Gasteiger partial charge is 0.278 e. The molecule has 0 unspecified atom stereocenters. The van der Waals surface area contributed by atoms with E-state index < -0.39 is 0 Å². The predicted molar refractivity (Wildman–Crippen MR) is 106 cm³/mol.